The van der Waals surface area contributed by atoms with Gasteiger partial charge in [0.05, 0.1) is 12.8 Å². The fraction of sp³-hybridized carbons (Fsp3) is 0.200. The van der Waals surface area contributed by atoms with Crippen molar-refractivity contribution in [3.8, 4) is 22.8 Å². The number of hydrogen-bond donors (Lipinski definition) is 1. The predicted octanol–water partition coefficient (Wildman–Crippen LogP) is 4.72. The number of aryl methyl sites for hydroxylation is 1. The fourth-order valence-electron chi connectivity index (χ4n) is 3.03. The maximum atomic E-state index is 12.6. The van der Waals surface area contributed by atoms with Crippen molar-refractivity contribution in [2.24, 2.45) is 0 Å². The quantitative estimate of drug-likeness (QED) is 0.688. The number of methoxy groups -OCH3 is 1. The SMILES string of the molecule is COc1ccc(C)cc1-c1csc(NC(=O)C2Cc3cc(Cl)ccc3O2)n1. The van der Waals surface area contributed by atoms with Crippen molar-refractivity contribution in [2.75, 3.05) is 12.4 Å². The lowest BCUT2D eigenvalue weighted by Crippen LogP contribution is -2.31. The minimum Gasteiger partial charge on any atom is -0.496 e. The second-order valence-corrected chi connectivity index (χ2v) is 7.59. The lowest BCUT2D eigenvalue weighted by Gasteiger charge is -2.09. The number of halogens is 1. The van der Waals surface area contributed by atoms with Crippen LogP contribution < -0.4 is 14.8 Å². The van der Waals surface area contributed by atoms with Gasteiger partial charge in [0.25, 0.3) is 5.91 Å². The maximum Gasteiger partial charge on any atom is 0.267 e. The van der Waals surface area contributed by atoms with Crippen molar-refractivity contribution in [3.05, 3.63) is 57.9 Å². The monoisotopic (exact) mass is 400 g/mol. The van der Waals surface area contributed by atoms with E-state index in [1.165, 1.54) is 11.3 Å². The van der Waals surface area contributed by atoms with E-state index < -0.39 is 6.10 Å². The molecule has 138 valence electrons. The number of anilines is 1. The van der Waals surface area contributed by atoms with Gasteiger partial charge in [-0.3, -0.25) is 10.1 Å². The zero-order chi connectivity index (χ0) is 19.0. The number of carbonyl (C=O) groups excluding carboxylic acids is 1. The van der Waals surface area contributed by atoms with Crippen LogP contribution in [0.15, 0.2) is 41.8 Å². The highest BCUT2D eigenvalue weighted by Crippen LogP contribution is 2.34. The Morgan fingerprint density at radius 1 is 1.33 bits per heavy atom. The van der Waals surface area contributed by atoms with E-state index in [4.69, 9.17) is 21.1 Å². The van der Waals surface area contributed by atoms with E-state index in [9.17, 15) is 4.79 Å². The van der Waals surface area contributed by atoms with Gasteiger partial charge >= 0.3 is 0 Å². The third kappa shape index (κ3) is 3.63. The van der Waals surface area contributed by atoms with Crippen molar-refractivity contribution in [1.82, 2.24) is 4.98 Å². The molecule has 0 saturated heterocycles. The summed E-state index contributed by atoms with van der Waals surface area (Å²) in [4.78, 5) is 17.1. The highest BCUT2D eigenvalue weighted by molar-refractivity contribution is 7.14. The molecule has 1 atom stereocenters. The molecule has 0 spiro atoms. The van der Waals surface area contributed by atoms with Crippen molar-refractivity contribution in [2.45, 2.75) is 19.4 Å². The summed E-state index contributed by atoms with van der Waals surface area (Å²) in [6.45, 7) is 2.01. The largest absolute Gasteiger partial charge is 0.496 e. The van der Waals surface area contributed by atoms with Crippen molar-refractivity contribution in [3.63, 3.8) is 0 Å². The molecule has 0 aliphatic carbocycles. The molecule has 0 radical (unpaired) electrons. The number of amides is 1. The molecule has 2 heterocycles. The summed E-state index contributed by atoms with van der Waals surface area (Å²) in [5, 5.41) is 5.90. The standard InChI is InChI=1S/C20H17ClN2O3S/c1-11-3-5-17(25-2)14(7-11)15-10-27-20(22-15)23-19(24)18-9-12-8-13(21)4-6-16(12)26-18/h3-8,10,18H,9H2,1-2H3,(H,22,23,24). The molecular formula is C20H17ClN2O3S. The van der Waals surface area contributed by atoms with Crippen LogP contribution >= 0.6 is 22.9 Å². The molecule has 1 unspecified atom stereocenters. The average Bonchev–Trinajstić information content (AvgIpc) is 3.28. The van der Waals surface area contributed by atoms with Crippen LogP contribution in [0.5, 0.6) is 11.5 Å². The third-order valence-electron chi connectivity index (χ3n) is 4.35. The number of benzene rings is 2. The average molecular weight is 401 g/mol. The zero-order valence-corrected chi connectivity index (χ0v) is 16.4. The molecular weight excluding hydrogens is 384 g/mol. The van der Waals surface area contributed by atoms with Gasteiger partial charge in [-0.1, -0.05) is 23.2 Å². The molecule has 3 aromatic rings. The number of hydrogen-bond acceptors (Lipinski definition) is 5. The third-order valence-corrected chi connectivity index (χ3v) is 5.35. The first-order valence-electron chi connectivity index (χ1n) is 8.40. The number of nitrogens with zero attached hydrogens (tertiary/aromatic N) is 1. The Hall–Kier alpha value is -2.57. The van der Waals surface area contributed by atoms with Crippen LogP contribution in [0, 0.1) is 6.92 Å². The molecule has 1 aromatic heterocycles. The summed E-state index contributed by atoms with van der Waals surface area (Å²) in [6, 6.07) is 11.3. The highest BCUT2D eigenvalue weighted by Gasteiger charge is 2.29. The summed E-state index contributed by atoms with van der Waals surface area (Å²) in [7, 11) is 1.63. The van der Waals surface area contributed by atoms with E-state index in [0.717, 1.165) is 28.1 Å². The minimum atomic E-state index is -0.584. The number of rotatable bonds is 4. The highest BCUT2D eigenvalue weighted by atomic mass is 35.5. The Balaban J connectivity index is 1.49. The van der Waals surface area contributed by atoms with Crippen LogP contribution in [-0.2, 0) is 11.2 Å². The van der Waals surface area contributed by atoms with E-state index in [-0.39, 0.29) is 5.91 Å². The van der Waals surface area contributed by atoms with Gasteiger partial charge in [0, 0.05) is 22.4 Å². The van der Waals surface area contributed by atoms with E-state index >= 15 is 0 Å². The second-order valence-electron chi connectivity index (χ2n) is 6.29. The zero-order valence-electron chi connectivity index (χ0n) is 14.8. The molecule has 0 bridgehead atoms. The van der Waals surface area contributed by atoms with Crippen LogP contribution in [-0.4, -0.2) is 24.1 Å². The summed E-state index contributed by atoms with van der Waals surface area (Å²) in [6.07, 6.45) is -0.0922. The molecule has 1 aliphatic rings. The van der Waals surface area contributed by atoms with E-state index in [0.29, 0.717) is 22.3 Å². The van der Waals surface area contributed by atoms with Gasteiger partial charge in [0.2, 0.25) is 0 Å². The molecule has 4 rings (SSSR count). The van der Waals surface area contributed by atoms with Crippen LogP contribution in [0.25, 0.3) is 11.3 Å². The molecule has 0 saturated carbocycles. The Kier molecular flexibility index (Phi) is 4.76. The topological polar surface area (TPSA) is 60.5 Å². The van der Waals surface area contributed by atoms with Crippen LogP contribution in [0.1, 0.15) is 11.1 Å². The molecule has 27 heavy (non-hydrogen) atoms. The molecule has 1 N–H and O–H groups in total. The number of nitrogens with one attached hydrogen (secondary N) is 1. The number of thiazole rings is 1. The molecule has 1 amide bonds. The van der Waals surface area contributed by atoms with Gasteiger partial charge in [0.1, 0.15) is 11.5 Å². The Morgan fingerprint density at radius 3 is 3.00 bits per heavy atom. The summed E-state index contributed by atoms with van der Waals surface area (Å²) in [5.41, 5.74) is 3.71. The lowest BCUT2D eigenvalue weighted by molar-refractivity contribution is -0.122. The molecule has 1 aliphatic heterocycles. The van der Waals surface area contributed by atoms with E-state index in [1.807, 2.05) is 36.6 Å². The van der Waals surface area contributed by atoms with Gasteiger partial charge in [-0.05, 0) is 42.8 Å². The Morgan fingerprint density at radius 2 is 2.19 bits per heavy atom. The van der Waals surface area contributed by atoms with Crippen LogP contribution in [0.3, 0.4) is 0 Å². The second kappa shape index (κ2) is 7.21. The first-order valence-corrected chi connectivity index (χ1v) is 9.66. The van der Waals surface area contributed by atoms with E-state index in [1.54, 1.807) is 19.2 Å². The van der Waals surface area contributed by atoms with Gasteiger partial charge in [-0.25, -0.2) is 4.98 Å². The minimum absolute atomic E-state index is 0.223. The van der Waals surface area contributed by atoms with Gasteiger partial charge in [-0.15, -0.1) is 11.3 Å². The van der Waals surface area contributed by atoms with Crippen molar-refractivity contribution >= 4 is 34.0 Å². The molecule has 0 fully saturated rings. The van der Waals surface area contributed by atoms with Gasteiger partial charge in [-0.2, -0.15) is 0 Å². The molecule has 7 heteroatoms. The molecule has 2 aromatic carbocycles. The number of fused-ring (bicyclic) bond motifs is 1. The first kappa shape index (κ1) is 17.8. The summed E-state index contributed by atoms with van der Waals surface area (Å²) < 4.78 is 11.1. The number of aromatic nitrogens is 1. The lowest BCUT2D eigenvalue weighted by atomic mass is 10.1. The van der Waals surface area contributed by atoms with Gasteiger partial charge < -0.3 is 9.47 Å². The molecule has 5 nitrogen and oxygen atoms in total. The Bertz CT molecular complexity index is 1020. The van der Waals surface area contributed by atoms with Crippen molar-refractivity contribution in [1.29, 1.82) is 0 Å². The predicted molar refractivity (Wildman–Crippen MR) is 107 cm³/mol. The normalized spacial score (nSPS) is 15.1. The van der Waals surface area contributed by atoms with E-state index in [2.05, 4.69) is 10.3 Å². The number of ether oxygens (including phenoxy) is 2. The van der Waals surface area contributed by atoms with Gasteiger partial charge in [0.15, 0.2) is 11.2 Å². The summed E-state index contributed by atoms with van der Waals surface area (Å²) in [5.74, 6) is 1.22. The Labute approximate surface area is 165 Å². The van der Waals surface area contributed by atoms with Crippen LogP contribution in [0.4, 0.5) is 5.13 Å². The smallest absolute Gasteiger partial charge is 0.267 e. The summed E-state index contributed by atoms with van der Waals surface area (Å²) >= 11 is 7.37. The number of carbonyl (C=O) groups is 1. The fourth-order valence-corrected chi connectivity index (χ4v) is 3.93. The first-order chi connectivity index (χ1) is 13.0. The van der Waals surface area contributed by atoms with Crippen LogP contribution in [0.2, 0.25) is 5.02 Å². The maximum absolute atomic E-state index is 12.6. The van der Waals surface area contributed by atoms with Crippen molar-refractivity contribution < 1.29 is 14.3 Å².